The Hall–Kier alpha value is -0.410. The average Bonchev–Trinajstić information content (AvgIpc) is 2.41. The fourth-order valence-corrected chi connectivity index (χ4v) is 0.683. The molecule has 0 aliphatic carbocycles. The van der Waals surface area contributed by atoms with E-state index in [-0.39, 0.29) is 24.8 Å². The van der Waals surface area contributed by atoms with Gasteiger partial charge in [0.15, 0.2) is 0 Å². The van der Waals surface area contributed by atoms with Gasteiger partial charge < -0.3 is 9.73 Å². The maximum atomic E-state index is 4.96. The van der Waals surface area contributed by atoms with Gasteiger partial charge in [0.2, 0.25) is 0 Å². The SMILES string of the molecule is CCCCNc1ncco1.Cl.Cl. The van der Waals surface area contributed by atoms with Crippen molar-refractivity contribution in [3.63, 3.8) is 0 Å². The van der Waals surface area contributed by atoms with E-state index in [2.05, 4.69) is 17.2 Å². The van der Waals surface area contributed by atoms with Gasteiger partial charge >= 0.3 is 0 Å². The van der Waals surface area contributed by atoms with Crippen molar-refractivity contribution in [2.45, 2.75) is 19.8 Å². The number of oxazole rings is 1. The van der Waals surface area contributed by atoms with Gasteiger partial charge in [-0.3, -0.25) is 0 Å². The maximum absolute atomic E-state index is 4.96. The highest BCUT2D eigenvalue weighted by Crippen LogP contribution is 2.00. The molecule has 1 aromatic heterocycles. The molecule has 72 valence electrons. The van der Waals surface area contributed by atoms with E-state index < -0.39 is 0 Å². The summed E-state index contributed by atoms with van der Waals surface area (Å²) < 4.78 is 4.96. The molecule has 0 spiro atoms. The van der Waals surface area contributed by atoms with E-state index in [1.165, 1.54) is 6.42 Å². The van der Waals surface area contributed by atoms with Crippen LogP contribution in [0.2, 0.25) is 0 Å². The molecule has 0 unspecified atom stereocenters. The Labute approximate surface area is 84.8 Å². The van der Waals surface area contributed by atoms with E-state index in [0.717, 1.165) is 13.0 Å². The summed E-state index contributed by atoms with van der Waals surface area (Å²) in [5.41, 5.74) is 0. The van der Waals surface area contributed by atoms with Gasteiger partial charge in [0.25, 0.3) is 6.01 Å². The Morgan fingerprint density at radius 3 is 2.75 bits per heavy atom. The summed E-state index contributed by atoms with van der Waals surface area (Å²) >= 11 is 0. The van der Waals surface area contributed by atoms with Crippen molar-refractivity contribution in [3.05, 3.63) is 12.5 Å². The molecule has 1 heterocycles. The van der Waals surface area contributed by atoms with Crippen LogP contribution >= 0.6 is 24.8 Å². The molecule has 1 rings (SSSR count). The summed E-state index contributed by atoms with van der Waals surface area (Å²) in [7, 11) is 0. The van der Waals surface area contributed by atoms with E-state index in [1.54, 1.807) is 12.5 Å². The number of anilines is 1. The van der Waals surface area contributed by atoms with Crippen molar-refractivity contribution in [1.29, 1.82) is 0 Å². The standard InChI is InChI=1S/C7H12N2O.2ClH/c1-2-3-4-8-7-9-5-6-10-7;;/h5-6H,2-4H2,1H3,(H,8,9);2*1H. The molecule has 3 nitrogen and oxygen atoms in total. The lowest BCUT2D eigenvalue weighted by Crippen LogP contribution is -2.00. The fourth-order valence-electron chi connectivity index (χ4n) is 0.683. The first-order chi connectivity index (χ1) is 4.93. The van der Waals surface area contributed by atoms with Crippen molar-refractivity contribution in [2.75, 3.05) is 11.9 Å². The van der Waals surface area contributed by atoms with Gasteiger partial charge in [-0.25, -0.2) is 4.98 Å². The first kappa shape index (κ1) is 14.1. The Balaban J connectivity index is 0. The number of rotatable bonds is 4. The number of halogens is 2. The molecule has 0 aliphatic heterocycles. The third-order valence-electron chi connectivity index (χ3n) is 1.24. The molecule has 0 amide bonds. The minimum Gasteiger partial charge on any atom is -0.432 e. The molecular formula is C7H14Cl2N2O. The molecule has 0 bridgehead atoms. The van der Waals surface area contributed by atoms with Gasteiger partial charge in [-0.2, -0.15) is 0 Å². The third-order valence-corrected chi connectivity index (χ3v) is 1.24. The topological polar surface area (TPSA) is 38.1 Å². The molecule has 0 fully saturated rings. The largest absolute Gasteiger partial charge is 0.432 e. The fraction of sp³-hybridized carbons (Fsp3) is 0.571. The van der Waals surface area contributed by atoms with E-state index >= 15 is 0 Å². The van der Waals surface area contributed by atoms with Crippen LogP contribution in [-0.4, -0.2) is 11.5 Å². The van der Waals surface area contributed by atoms with E-state index in [1.807, 2.05) is 0 Å². The van der Waals surface area contributed by atoms with Gasteiger partial charge in [-0.15, -0.1) is 24.8 Å². The van der Waals surface area contributed by atoms with Gasteiger partial charge in [-0.05, 0) is 6.42 Å². The summed E-state index contributed by atoms with van der Waals surface area (Å²) in [6.07, 6.45) is 5.54. The number of unbranched alkanes of at least 4 members (excludes halogenated alkanes) is 1. The first-order valence-electron chi connectivity index (χ1n) is 3.57. The number of nitrogens with one attached hydrogen (secondary N) is 1. The van der Waals surface area contributed by atoms with Crippen LogP contribution in [0.5, 0.6) is 0 Å². The summed E-state index contributed by atoms with van der Waals surface area (Å²) in [6.45, 7) is 3.09. The Morgan fingerprint density at radius 1 is 1.50 bits per heavy atom. The molecule has 0 saturated carbocycles. The minimum absolute atomic E-state index is 0. The third kappa shape index (κ3) is 5.27. The van der Waals surface area contributed by atoms with Crippen molar-refractivity contribution < 1.29 is 4.42 Å². The second kappa shape index (κ2) is 8.68. The lowest BCUT2D eigenvalue weighted by Gasteiger charge is -1.96. The molecule has 0 aliphatic rings. The van der Waals surface area contributed by atoms with Crippen LogP contribution in [-0.2, 0) is 0 Å². The lowest BCUT2D eigenvalue weighted by molar-refractivity contribution is 0.569. The van der Waals surface area contributed by atoms with Crippen LogP contribution in [0.4, 0.5) is 6.01 Å². The second-order valence-electron chi connectivity index (χ2n) is 2.12. The van der Waals surface area contributed by atoms with Crippen molar-refractivity contribution in [1.82, 2.24) is 4.98 Å². The number of hydrogen-bond acceptors (Lipinski definition) is 3. The minimum atomic E-state index is 0. The quantitative estimate of drug-likeness (QED) is 0.781. The lowest BCUT2D eigenvalue weighted by atomic mass is 10.3. The van der Waals surface area contributed by atoms with Crippen molar-refractivity contribution in [3.8, 4) is 0 Å². The molecule has 12 heavy (non-hydrogen) atoms. The molecule has 0 atom stereocenters. The zero-order chi connectivity index (χ0) is 7.23. The monoisotopic (exact) mass is 212 g/mol. The second-order valence-corrected chi connectivity index (χ2v) is 2.12. The number of hydrogen-bond donors (Lipinski definition) is 1. The Kier molecular flexibility index (Phi) is 10.2. The zero-order valence-electron chi connectivity index (χ0n) is 6.95. The van der Waals surface area contributed by atoms with Crippen LogP contribution in [0, 0.1) is 0 Å². The smallest absolute Gasteiger partial charge is 0.294 e. The van der Waals surface area contributed by atoms with Crippen LogP contribution in [0.1, 0.15) is 19.8 Å². The number of aromatic nitrogens is 1. The molecular weight excluding hydrogens is 199 g/mol. The molecule has 0 aromatic carbocycles. The van der Waals surface area contributed by atoms with Gasteiger partial charge in [-0.1, -0.05) is 13.3 Å². The van der Waals surface area contributed by atoms with Crippen LogP contribution < -0.4 is 5.32 Å². The van der Waals surface area contributed by atoms with E-state index in [4.69, 9.17) is 4.42 Å². The van der Waals surface area contributed by atoms with Crippen LogP contribution in [0.15, 0.2) is 16.9 Å². The average molecular weight is 213 g/mol. The van der Waals surface area contributed by atoms with E-state index in [0.29, 0.717) is 6.01 Å². The van der Waals surface area contributed by atoms with E-state index in [9.17, 15) is 0 Å². The first-order valence-corrected chi connectivity index (χ1v) is 3.57. The Morgan fingerprint density at radius 2 is 2.25 bits per heavy atom. The zero-order valence-corrected chi connectivity index (χ0v) is 8.58. The normalized spacial score (nSPS) is 8.08. The van der Waals surface area contributed by atoms with Gasteiger partial charge in [0.05, 0.1) is 6.20 Å². The molecule has 5 heteroatoms. The Bertz CT molecular complexity index is 168. The molecule has 1 N–H and O–H groups in total. The van der Waals surface area contributed by atoms with Gasteiger partial charge in [0.1, 0.15) is 6.26 Å². The summed E-state index contributed by atoms with van der Waals surface area (Å²) in [5, 5.41) is 3.05. The highest BCUT2D eigenvalue weighted by Gasteiger charge is 1.91. The van der Waals surface area contributed by atoms with Crippen LogP contribution in [0.3, 0.4) is 0 Å². The highest BCUT2D eigenvalue weighted by atomic mass is 35.5. The summed E-state index contributed by atoms with van der Waals surface area (Å²) in [6, 6.07) is 0.619. The predicted octanol–water partition coefficient (Wildman–Crippen LogP) is 2.73. The van der Waals surface area contributed by atoms with Gasteiger partial charge in [0, 0.05) is 6.54 Å². The maximum Gasteiger partial charge on any atom is 0.294 e. The summed E-state index contributed by atoms with van der Waals surface area (Å²) in [4.78, 5) is 3.91. The molecule has 0 saturated heterocycles. The molecule has 1 aromatic rings. The highest BCUT2D eigenvalue weighted by molar-refractivity contribution is 5.85. The number of nitrogens with zero attached hydrogens (tertiary/aromatic N) is 1. The molecule has 0 radical (unpaired) electrons. The van der Waals surface area contributed by atoms with Crippen molar-refractivity contribution >= 4 is 30.8 Å². The van der Waals surface area contributed by atoms with Crippen molar-refractivity contribution in [2.24, 2.45) is 0 Å². The van der Waals surface area contributed by atoms with Crippen LogP contribution in [0.25, 0.3) is 0 Å². The predicted molar refractivity (Wildman–Crippen MR) is 54.4 cm³/mol. The summed E-state index contributed by atoms with van der Waals surface area (Å²) in [5.74, 6) is 0.